The predicted octanol–water partition coefficient (Wildman–Crippen LogP) is 1.25. The molecule has 2 aromatic heterocycles. The molecule has 0 saturated carbocycles. The lowest BCUT2D eigenvalue weighted by Gasteiger charge is -2.15. The van der Waals surface area contributed by atoms with E-state index in [0.29, 0.717) is 22.8 Å². The molecule has 4 rings (SSSR count). The smallest absolute Gasteiger partial charge is 0.430 e. The molecule has 0 radical (unpaired) electrons. The van der Waals surface area contributed by atoms with Gasteiger partial charge < -0.3 is 30.0 Å². The maximum absolute atomic E-state index is 13.1. The molecule has 0 unspecified atom stereocenters. The minimum Gasteiger partial charge on any atom is -0.542 e. The van der Waals surface area contributed by atoms with E-state index in [1.165, 1.54) is 16.3 Å². The first-order chi connectivity index (χ1) is 18.3. The van der Waals surface area contributed by atoms with Crippen molar-refractivity contribution in [3.8, 4) is 17.0 Å². The van der Waals surface area contributed by atoms with Gasteiger partial charge in [-0.15, -0.1) is 0 Å². The van der Waals surface area contributed by atoms with Crippen molar-refractivity contribution in [1.82, 2.24) is 9.88 Å². The van der Waals surface area contributed by atoms with Crippen LogP contribution in [0.5, 0.6) is 5.75 Å². The fourth-order valence-corrected chi connectivity index (χ4v) is 4.91. The molecule has 1 aliphatic heterocycles. The van der Waals surface area contributed by atoms with Crippen molar-refractivity contribution in [2.75, 3.05) is 6.54 Å². The van der Waals surface area contributed by atoms with Crippen LogP contribution in [-0.2, 0) is 27.6 Å². The fourth-order valence-electron chi connectivity index (χ4n) is 3.77. The second kappa shape index (κ2) is 12.0. The van der Waals surface area contributed by atoms with E-state index in [9.17, 15) is 32.7 Å². The molecular formula is C25H22F3N3O7S. The molecule has 4 N–H and O–H groups in total. The van der Waals surface area contributed by atoms with Gasteiger partial charge in [-0.25, -0.2) is 4.98 Å². The molecular weight excluding hydrogens is 543 g/mol. The van der Waals surface area contributed by atoms with Crippen molar-refractivity contribution in [2.45, 2.75) is 31.2 Å². The Morgan fingerprint density at radius 3 is 2.38 bits per heavy atom. The largest absolute Gasteiger partial charge is 0.542 e. The highest BCUT2D eigenvalue weighted by atomic mass is 32.2. The summed E-state index contributed by atoms with van der Waals surface area (Å²) in [5.41, 5.74) is 4.13. The van der Waals surface area contributed by atoms with E-state index >= 15 is 0 Å². The van der Waals surface area contributed by atoms with Crippen LogP contribution in [0.2, 0.25) is 0 Å². The van der Waals surface area contributed by atoms with Crippen molar-refractivity contribution in [3.05, 3.63) is 80.9 Å². The third-order valence-electron chi connectivity index (χ3n) is 5.65. The minimum absolute atomic E-state index is 0.214. The number of benzene rings is 1. The Kier molecular flexibility index (Phi) is 9.01. The van der Waals surface area contributed by atoms with E-state index in [1.807, 2.05) is 49.5 Å². The lowest BCUT2D eigenvalue weighted by atomic mass is 10.0. The molecule has 39 heavy (non-hydrogen) atoms. The monoisotopic (exact) mass is 565 g/mol. The summed E-state index contributed by atoms with van der Waals surface area (Å²) < 4.78 is 33.0. The number of H-pyrrole nitrogens is 1. The number of aliphatic carboxylic acids is 2. The van der Waals surface area contributed by atoms with Gasteiger partial charge in [0.1, 0.15) is 23.8 Å². The Morgan fingerprint density at radius 2 is 1.82 bits per heavy atom. The Hall–Kier alpha value is -4.33. The number of nitrogens with zero attached hydrogens (tertiary/aromatic N) is 1. The topological polar surface area (TPSA) is 163 Å². The van der Waals surface area contributed by atoms with Crippen molar-refractivity contribution in [3.63, 3.8) is 0 Å². The molecule has 0 saturated heterocycles. The number of carbonyl (C=O) groups is 3. The number of fused-ring (bicyclic) bond motifs is 1. The number of carboxylic acids is 2. The Balaban J connectivity index is 0.000000532. The number of alkyl halides is 3. The predicted molar refractivity (Wildman–Crippen MR) is 131 cm³/mol. The van der Waals surface area contributed by atoms with Gasteiger partial charge in [-0.05, 0) is 24.6 Å². The highest BCUT2D eigenvalue weighted by Gasteiger charge is 2.29. The van der Waals surface area contributed by atoms with E-state index in [4.69, 9.17) is 15.0 Å². The summed E-state index contributed by atoms with van der Waals surface area (Å²) in [4.78, 5) is 48.5. The molecule has 0 fully saturated rings. The van der Waals surface area contributed by atoms with Crippen LogP contribution in [0.1, 0.15) is 32.7 Å². The molecule has 3 heterocycles. The molecule has 10 nitrogen and oxygen atoms in total. The van der Waals surface area contributed by atoms with Crippen LogP contribution in [0.4, 0.5) is 13.2 Å². The number of nitrogens with one attached hydrogen (secondary N) is 2. The number of aryl methyl sites for hydroxylation is 1. The van der Waals surface area contributed by atoms with Gasteiger partial charge in [-0.3, -0.25) is 14.4 Å². The van der Waals surface area contributed by atoms with Gasteiger partial charge in [0.2, 0.25) is 5.69 Å². The number of thioether (sulfide) groups is 1. The van der Waals surface area contributed by atoms with Crippen LogP contribution in [0.3, 0.4) is 0 Å². The lowest BCUT2D eigenvalue weighted by Crippen LogP contribution is -2.37. The van der Waals surface area contributed by atoms with Crippen LogP contribution in [0.25, 0.3) is 11.3 Å². The number of carbonyl (C=O) groups excluding carboxylic acids is 2. The number of hydrogen-bond acceptors (Lipinski definition) is 7. The van der Waals surface area contributed by atoms with Gasteiger partial charge in [0.15, 0.2) is 6.20 Å². The first-order valence-electron chi connectivity index (χ1n) is 11.2. The highest BCUT2D eigenvalue weighted by molar-refractivity contribution is 7.98. The quantitative estimate of drug-likeness (QED) is 0.402. The minimum atomic E-state index is -5.19. The summed E-state index contributed by atoms with van der Waals surface area (Å²) in [6, 6.07) is 11.9. The molecule has 1 aromatic carbocycles. The maximum Gasteiger partial charge on any atom is 0.430 e. The van der Waals surface area contributed by atoms with Crippen LogP contribution in [0, 0.1) is 6.92 Å². The number of halogens is 3. The average molecular weight is 566 g/mol. The summed E-state index contributed by atoms with van der Waals surface area (Å²) in [6.45, 7) is 1.61. The standard InChI is InChI=1S/C23H21N3O5S.C2HF3O2/c1-13-4-2-3-5-15(13)17-7-6-14(8-24-17)10-26-18-12-32-11-16(18)21(29)20(23(26)31)22(30)25-9-19(27)28;3-2(4,5)1(6)7/h2-8,29H,9-12H2,1H3,(H,25,30)(H,27,28);(H,6,7). The molecule has 0 aliphatic carbocycles. The van der Waals surface area contributed by atoms with Crippen LogP contribution < -0.4 is 21.0 Å². The van der Waals surface area contributed by atoms with Gasteiger partial charge in [-0.2, -0.15) is 24.9 Å². The molecule has 1 aliphatic rings. The number of aromatic amines is 1. The highest BCUT2D eigenvalue weighted by Crippen LogP contribution is 2.36. The summed E-state index contributed by atoms with van der Waals surface area (Å²) in [5, 5.41) is 30.3. The van der Waals surface area contributed by atoms with Gasteiger partial charge in [0.25, 0.3) is 11.5 Å². The normalized spacial score (nSPS) is 12.2. The number of amides is 1. The zero-order valence-electron chi connectivity index (χ0n) is 20.3. The van der Waals surface area contributed by atoms with Crippen molar-refractivity contribution < 1.29 is 47.9 Å². The first kappa shape index (κ1) is 29.2. The zero-order chi connectivity index (χ0) is 28.9. The number of aromatic hydroxyl groups is 1. The lowest BCUT2D eigenvalue weighted by molar-refractivity contribution is -0.365. The van der Waals surface area contributed by atoms with Gasteiger partial charge in [0.05, 0.1) is 6.54 Å². The van der Waals surface area contributed by atoms with E-state index in [-0.39, 0.29) is 12.3 Å². The maximum atomic E-state index is 13.1. The van der Waals surface area contributed by atoms with Crippen molar-refractivity contribution in [2.24, 2.45) is 0 Å². The number of aromatic nitrogens is 2. The van der Waals surface area contributed by atoms with Gasteiger partial charge >= 0.3 is 12.1 Å². The second-order valence-corrected chi connectivity index (χ2v) is 9.31. The second-order valence-electron chi connectivity index (χ2n) is 8.32. The first-order valence-corrected chi connectivity index (χ1v) is 12.4. The van der Waals surface area contributed by atoms with E-state index < -0.39 is 41.7 Å². The molecule has 1 amide bonds. The zero-order valence-corrected chi connectivity index (χ0v) is 21.1. The molecule has 0 bridgehead atoms. The molecule has 0 spiro atoms. The van der Waals surface area contributed by atoms with Crippen molar-refractivity contribution in [1.29, 1.82) is 0 Å². The molecule has 0 atom stereocenters. The number of rotatable bonds is 6. The van der Waals surface area contributed by atoms with E-state index in [0.717, 1.165) is 22.4 Å². The van der Waals surface area contributed by atoms with Crippen LogP contribution in [-0.4, -0.2) is 45.3 Å². The SMILES string of the molecule is Cc1ccccc1-c1ccc(Cn2c3c(c(O)c(C(=O)NCC(=O)O)c2=O)CSC3)c[nH+]1.O=C([O-])C(F)(F)F. The summed E-state index contributed by atoms with van der Waals surface area (Å²) in [6.07, 6.45) is -3.38. The van der Waals surface area contributed by atoms with Crippen LogP contribution in [0.15, 0.2) is 47.4 Å². The van der Waals surface area contributed by atoms with Gasteiger partial charge in [0, 0.05) is 40.0 Å². The van der Waals surface area contributed by atoms with Crippen molar-refractivity contribution >= 4 is 29.6 Å². The fraction of sp³-hybridized carbons (Fsp3) is 0.240. The summed E-state index contributed by atoms with van der Waals surface area (Å²) in [7, 11) is 0. The van der Waals surface area contributed by atoms with Gasteiger partial charge in [-0.1, -0.05) is 18.2 Å². The Morgan fingerprint density at radius 1 is 1.15 bits per heavy atom. The number of hydrogen-bond donors (Lipinski definition) is 3. The molecule has 206 valence electrons. The molecule has 3 aromatic rings. The Bertz CT molecular complexity index is 1470. The Labute approximate surface area is 223 Å². The van der Waals surface area contributed by atoms with Crippen LogP contribution >= 0.6 is 11.8 Å². The summed E-state index contributed by atoms with van der Waals surface area (Å²) in [5.74, 6) is -4.49. The summed E-state index contributed by atoms with van der Waals surface area (Å²) >= 11 is 1.54. The average Bonchev–Trinajstić information content (AvgIpc) is 3.36. The number of carboxylic acid groups (broad SMARTS) is 2. The van der Waals surface area contributed by atoms with E-state index in [1.54, 1.807) is 0 Å². The molecule has 14 heteroatoms. The number of pyridine rings is 2. The third-order valence-corrected chi connectivity index (χ3v) is 6.62. The van der Waals surface area contributed by atoms with E-state index in [2.05, 4.69) is 10.3 Å². The third kappa shape index (κ3) is 6.96.